The molecule has 3 rings (SSSR count). The molecule has 0 saturated carbocycles. The second kappa shape index (κ2) is 7.26. The van der Waals surface area contributed by atoms with Gasteiger partial charge in [-0.25, -0.2) is 0 Å². The van der Waals surface area contributed by atoms with E-state index in [-0.39, 0.29) is 17.6 Å². The number of benzene rings is 1. The summed E-state index contributed by atoms with van der Waals surface area (Å²) in [5, 5.41) is 14.8. The van der Waals surface area contributed by atoms with Crippen LogP contribution in [-0.2, 0) is 5.41 Å². The molecule has 1 aromatic heterocycles. The number of piperidine rings is 1. The van der Waals surface area contributed by atoms with Gasteiger partial charge in [-0.05, 0) is 44.3 Å². The van der Waals surface area contributed by atoms with Gasteiger partial charge < -0.3 is 9.63 Å². The zero-order chi connectivity index (χ0) is 18.0. The number of rotatable bonds is 4. The first kappa shape index (κ1) is 18.1. The largest absolute Gasteiger partial charge is 0.388 e. The van der Waals surface area contributed by atoms with Gasteiger partial charge in [0.25, 0.3) is 0 Å². The van der Waals surface area contributed by atoms with Crippen molar-refractivity contribution in [1.29, 1.82) is 0 Å². The van der Waals surface area contributed by atoms with Gasteiger partial charge in [0, 0.05) is 5.41 Å². The second-order valence-electron chi connectivity index (χ2n) is 8.11. The zero-order valence-corrected chi connectivity index (χ0v) is 15.6. The van der Waals surface area contributed by atoms with E-state index in [1.807, 2.05) is 30.3 Å². The van der Waals surface area contributed by atoms with Crippen LogP contribution in [0, 0.1) is 5.92 Å². The fourth-order valence-corrected chi connectivity index (χ4v) is 3.41. The van der Waals surface area contributed by atoms with Gasteiger partial charge in [-0.1, -0.05) is 56.3 Å². The molecule has 25 heavy (non-hydrogen) atoms. The maximum absolute atomic E-state index is 10.6. The Bertz CT molecular complexity index is 670. The van der Waals surface area contributed by atoms with Gasteiger partial charge >= 0.3 is 0 Å². The molecule has 5 nitrogen and oxygen atoms in total. The lowest BCUT2D eigenvalue weighted by molar-refractivity contribution is 0.0420. The number of aliphatic hydroxyl groups is 1. The van der Waals surface area contributed by atoms with Crippen molar-refractivity contribution in [3.05, 3.63) is 47.6 Å². The third-order valence-electron chi connectivity index (χ3n) is 5.18. The highest BCUT2D eigenvalue weighted by Crippen LogP contribution is 2.33. The van der Waals surface area contributed by atoms with E-state index in [9.17, 15) is 5.11 Å². The molecular formula is C20H29N3O2. The summed E-state index contributed by atoms with van der Waals surface area (Å²) in [6.45, 7) is 10.2. The number of aliphatic hydroxyl groups excluding tert-OH is 1. The van der Waals surface area contributed by atoms with E-state index < -0.39 is 0 Å². The molecule has 136 valence electrons. The molecule has 2 aromatic rings. The van der Waals surface area contributed by atoms with E-state index >= 15 is 0 Å². The molecule has 0 bridgehead atoms. The van der Waals surface area contributed by atoms with Crippen molar-refractivity contribution >= 4 is 0 Å². The summed E-state index contributed by atoms with van der Waals surface area (Å²) in [4.78, 5) is 6.96. The molecule has 2 atom stereocenters. The van der Waals surface area contributed by atoms with Crippen LogP contribution in [0.15, 0.2) is 34.9 Å². The van der Waals surface area contributed by atoms with Gasteiger partial charge in [0.2, 0.25) is 5.89 Å². The van der Waals surface area contributed by atoms with Crippen LogP contribution in [0.2, 0.25) is 0 Å². The molecule has 5 heteroatoms. The Morgan fingerprint density at radius 3 is 2.36 bits per heavy atom. The smallest absolute Gasteiger partial charge is 0.243 e. The highest BCUT2D eigenvalue weighted by atomic mass is 16.5. The first-order chi connectivity index (χ1) is 11.9. The van der Waals surface area contributed by atoms with Gasteiger partial charge in [-0.2, -0.15) is 4.98 Å². The molecule has 1 N–H and O–H groups in total. The molecule has 2 unspecified atom stereocenters. The molecule has 1 aliphatic heterocycles. The van der Waals surface area contributed by atoms with E-state index in [1.54, 1.807) is 0 Å². The molecular weight excluding hydrogens is 314 g/mol. The van der Waals surface area contributed by atoms with Crippen LogP contribution in [0.4, 0.5) is 0 Å². The lowest BCUT2D eigenvalue weighted by Gasteiger charge is -2.36. The van der Waals surface area contributed by atoms with Gasteiger partial charge in [-0.15, -0.1) is 0 Å². The molecule has 0 amide bonds. The molecule has 1 aliphatic rings. The fraction of sp³-hybridized carbons (Fsp3) is 0.600. The summed E-state index contributed by atoms with van der Waals surface area (Å²) in [6, 6.07) is 10.1. The van der Waals surface area contributed by atoms with Crippen LogP contribution in [-0.4, -0.2) is 33.2 Å². The summed E-state index contributed by atoms with van der Waals surface area (Å²) in [6.07, 6.45) is 1.57. The highest BCUT2D eigenvalue weighted by molar-refractivity contribution is 5.18. The number of hydrogen-bond donors (Lipinski definition) is 1. The van der Waals surface area contributed by atoms with Gasteiger partial charge in [0.05, 0.1) is 12.1 Å². The molecule has 1 fully saturated rings. The van der Waals surface area contributed by atoms with Crippen molar-refractivity contribution in [3.63, 3.8) is 0 Å². The Labute approximate surface area is 150 Å². The summed E-state index contributed by atoms with van der Waals surface area (Å²) in [5.41, 5.74) is 0.912. The minimum absolute atomic E-state index is 0.103. The van der Waals surface area contributed by atoms with Gasteiger partial charge in [0.15, 0.2) is 5.82 Å². The predicted octanol–water partition coefficient (Wildman–Crippen LogP) is 3.87. The quantitative estimate of drug-likeness (QED) is 0.913. The number of nitrogens with zero attached hydrogens (tertiary/aromatic N) is 3. The van der Waals surface area contributed by atoms with Crippen molar-refractivity contribution in [2.45, 2.75) is 58.1 Å². The van der Waals surface area contributed by atoms with Gasteiger partial charge in [-0.3, -0.25) is 4.90 Å². The minimum atomic E-state index is -0.380. The van der Waals surface area contributed by atoms with Crippen LogP contribution < -0.4 is 0 Å². The SMILES string of the molecule is CC(c1nc(C(C)(C)C)no1)N1CCC(C(O)c2ccccc2)CC1. The Morgan fingerprint density at radius 1 is 1.16 bits per heavy atom. The third kappa shape index (κ3) is 4.10. The molecule has 0 radical (unpaired) electrons. The average Bonchev–Trinajstić information content (AvgIpc) is 3.12. The molecule has 1 aromatic carbocycles. The number of hydrogen-bond acceptors (Lipinski definition) is 5. The predicted molar refractivity (Wildman–Crippen MR) is 97.1 cm³/mol. The van der Waals surface area contributed by atoms with Crippen molar-refractivity contribution in [2.75, 3.05) is 13.1 Å². The minimum Gasteiger partial charge on any atom is -0.388 e. The number of likely N-dealkylation sites (tertiary alicyclic amines) is 1. The van der Waals surface area contributed by atoms with E-state index in [0.29, 0.717) is 11.8 Å². The standard InChI is InChI=1S/C20H29N3O2/c1-14(18-21-19(22-25-18)20(2,3)4)23-12-10-16(11-13-23)17(24)15-8-6-5-7-9-15/h5-9,14,16-17,24H,10-13H2,1-4H3. The van der Waals surface area contributed by atoms with Gasteiger partial charge in [0.1, 0.15) is 0 Å². The molecule has 0 aliphatic carbocycles. The molecule has 1 saturated heterocycles. The van der Waals surface area contributed by atoms with Crippen molar-refractivity contribution in [1.82, 2.24) is 15.0 Å². The van der Waals surface area contributed by atoms with Crippen LogP contribution >= 0.6 is 0 Å². The summed E-state index contributed by atoms with van der Waals surface area (Å²) < 4.78 is 5.50. The zero-order valence-electron chi connectivity index (χ0n) is 15.6. The Kier molecular flexibility index (Phi) is 5.25. The monoisotopic (exact) mass is 343 g/mol. The summed E-state index contributed by atoms with van der Waals surface area (Å²) in [5.74, 6) is 1.74. The van der Waals surface area contributed by atoms with Crippen molar-refractivity contribution in [3.8, 4) is 0 Å². The van der Waals surface area contributed by atoms with E-state index in [2.05, 4.69) is 42.7 Å². The lowest BCUT2D eigenvalue weighted by atomic mass is 9.87. The Balaban J connectivity index is 1.59. The molecule has 2 heterocycles. The van der Waals surface area contributed by atoms with Crippen LogP contribution in [0.25, 0.3) is 0 Å². The van der Waals surface area contributed by atoms with Crippen LogP contribution in [0.3, 0.4) is 0 Å². The second-order valence-corrected chi connectivity index (χ2v) is 8.11. The normalized spacial score (nSPS) is 19.7. The third-order valence-corrected chi connectivity index (χ3v) is 5.18. The van der Waals surface area contributed by atoms with Crippen LogP contribution in [0.1, 0.15) is 70.0 Å². The summed E-state index contributed by atoms with van der Waals surface area (Å²) >= 11 is 0. The van der Waals surface area contributed by atoms with Crippen molar-refractivity contribution < 1.29 is 9.63 Å². The number of aromatic nitrogens is 2. The first-order valence-corrected chi connectivity index (χ1v) is 9.17. The molecule has 0 spiro atoms. The topological polar surface area (TPSA) is 62.4 Å². The maximum atomic E-state index is 10.6. The van der Waals surface area contributed by atoms with E-state index in [4.69, 9.17) is 4.52 Å². The Hall–Kier alpha value is -1.72. The Morgan fingerprint density at radius 2 is 1.80 bits per heavy atom. The first-order valence-electron chi connectivity index (χ1n) is 9.17. The van der Waals surface area contributed by atoms with Crippen LogP contribution in [0.5, 0.6) is 0 Å². The average molecular weight is 343 g/mol. The fourth-order valence-electron chi connectivity index (χ4n) is 3.41. The van der Waals surface area contributed by atoms with Crippen molar-refractivity contribution in [2.24, 2.45) is 5.92 Å². The lowest BCUT2D eigenvalue weighted by Crippen LogP contribution is -2.37. The van der Waals surface area contributed by atoms with E-state index in [0.717, 1.165) is 37.3 Å². The van der Waals surface area contributed by atoms with E-state index in [1.165, 1.54) is 0 Å². The summed E-state index contributed by atoms with van der Waals surface area (Å²) in [7, 11) is 0. The highest BCUT2D eigenvalue weighted by Gasteiger charge is 2.31. The maximum Gasteiger partial charge on any atom is 0.243 e.